The summed E-state index contributed by atoms with van der Waals surface area (Å²) < 4.78 is 10.8. The van der Waals surface area contributed by atoms with Crippen LogP contribution >= 0.6 is 0 Å². The summed E-state index contributed by atoms with van der Waals surface area (Å²) in [6.07, 6.45) is -1.50. The zero-order valence-electron chi connectivity index (χ0n) is 20.1. The number of amides is 2. The maximum Gasteiger partial charge on any atom is 0.407 e. The third kappa shape index (κ3) is 5.39. The first-order valence-electron chi connectivity index (χ1n) is 11.2. The number of hydrogen-bond acceptors (Lipinski definition) is 5. The fourth-order valence-electron chi connectivity index (χ4n) is 4.18. The number of benzene rings is 2. The number of hydrogen-bond donors (Lipinski definition) is 3. The van der Waals surface area contributed by atoms with Crippen molar-refractivity contribution in [2.45, 2.75) is 51.8 Å². The second-order valence-electron chi connectivity index (χ2n) is 9.53. The average molecular weight is 469 g/mol. The van der Waals surface area contributed by atoms with E-state index in [1.807, 2.05) is 48.5 Å². The van der Waals surface area contributed by atoms with E-state index in [-0.39, 0.29) is 12.5 Å². The Balaban J connectivity index is 1.70. The van der Waals surface area contributed by atoms with Crippen LogP contribution in [0.25, 0.3) is 11.1 Å². The van der Waals surface area contributed by atoms with E-state index >= 15 is 0 Å². The van der Waals surface area contributed by atoms with Gasteiger partial charge >= 0.3 is 12.1 Å². The van der Waals surface area contributed by atoms with Gasteiger partial charge in [0.25, 0.3) is 0 Å². The maximum atomic E-state index is 12.9. The molecule has 0 fully saturated rings. The minimum atomic E-state index is -1.16. The van der Waals surface area contributed by atoms with Crippen molar-refractivity contribution in [1.29, 1.82) is 0 Å². The van der Waals surface area contributed by atoms with Crippen molar-refractivity contribution in [1.82, 2.24) is 10.6 Å². The number of carbonyl (C=O) groups excluding carboxylic acids is 2. The first-order valence-corrected chi connectivity index (χ1v) is 11.2. The molecule has 0 bridgehead atoms. The summed E-state index contributed by atoms with van der Waals surface area (Å²) in [5.41, 5.74) is 3.64. The van der Waals surface area contributed by atoms with Crippen LogP contribution in [0.5, 0.6) is 0 Å². The lowest BCUT2D eigenvalue weighted by atomic mass is 9.86. The van der Waals surface area contributed by atoms with Crippen molar-refractivity contribution >= 4 is 18.0 Å². The van der Waals surface area contributed by atoms with Gasteiger partial charge in [-0.25, -0.2) is 9.59 Å². The molecular weight excluding hydrogens is 436 g/mol. The molecule has 2 amide bonds. The fraction of sp³-hybridized carbons (Fsp3) is 0.423. The summed E-state index contributed by atoms with van der Waals surface area (Å²) in [6, 6.07) is 13.7. The lowest BCUT2D eigenvalue weighted by Crippen LogP contribution is -2.58. The van der Waals surface area contributed by atoms with Gasteiger partial charge in [0.2, 0.25) is 5.91 Å². The second-order valence-corrected chi connectivity index (χ2v) is 9.53. The number of aliphatic carboxylic acids is 1. The lowest BCUT2D eigenvalue weighted by molar-refractivity contribution is -0.145. The highest BCUT2D eigenvalue weighted by Gasteiger charge is 2.37. The van der Waals surface area contributed by atoms with Gasteiger partial charge in [-0.2, -0.15) is 0 Å². The Hall–Kier alpha value is -3.39. The standard InChI is InChI=1S/C26H32N2O6/c1-15(33-5)21(23(29)28-22(24(30)31)26(2,3)4)27-25(32)34-14-20-18-12-8-6-10-16(18)17-11-7-9-13-19(17)20/h6-13,15,20-22H,14H2,1-5H3,(H,27,32)(H,28,29)(H,30,31)/t15-,21+,22+/m1/s1. The van der Waals surface area contributed by atoms with Crippen molar-refractivity contribution in [3.8, 4) is 11.1 Å². The van der Waals surface area contributed by atoms with Gasteiger partial charge in [0.1, 0.15) is 18.7 Å². The summed E-state index contributed by atoms with van der Waals surface area (Å²) >= 11 is 0. The average Bonchev–Trinajstić information content (AvgIpc) is 3.11. The quantitative estimate of drug-likeness (QED) is 0.546. The molecule has 182 valence electrons. The van der Waals surface area contributed by atoms with E-state index in [1.165, 1.54) is 7.11 Å². The van der Waals surface area contributed by atoms with Crippen molar-refractivity contribution < 1.29 is 29.0 Å². The SMILES string of the molecule is CO[C@H](C)[C@H](NC(=O)OCC1c2ccccc2-c2ccccc21)C(=O)N[C@@H](C(=O)O)C(C)(C)C. The van der Waals surface area contributed by atoms with Crippen LogP contribution in [0.3, 0.4) is 0 Å². The van der Waals surface area contributed by atoms with Crippen LogP contribution in [-0.4, -0.2) is 55.0 Å². The Bertz CT molecular complexity index is 1020. The molecule has 0 unspecified atom stereocenters. The molecule has 0 radical (unpaired) electrons. The van der Waals surface area contributed by atoms with E-state index in [0.717, 1.165) is 22.3 Å². The van der Waals surface area contributed by atoms with Crippen LogP contribution in [0, 0.1) is 5.41 Å². The van der Waals surface area contributed by atoms with Gasteiger partial charge in [-0.1, -0.05) is 69.3 Å². The number of ether oxygens (including phenoxy) is 2. The Morgan fingerprint density at radius 3 is 1.97 bits per heavy atom. The van der Waals surface area contributed by atoms with E-state index in [2.05, 4.69) is 10.6 Å². The molecule has 34 heavy (non-hydrogen) atoms. The molecule has 1 aliphatic rings. The van der Waals surface area contributed by atoms with Gasteiger partial charge in [-0.05, 0) is 34.6 Å². The van der Waals surface area contributed by atoms with E-state index in [4.69, 9.17) is 9.47 Å². The van der Waals surface area contributed by atoms with Crippen LogP contribution in [0.2, 0.25) is 0 Å². The summed E-state index contributed by atoms with van der Waals surface area (Å²) in [6.45, 7) is 6.83. The van der Waals surface area contributed by atoms with Crippen LogP contribution in [-0.2, 0) is 19.1 Å². The van der Waals surface area contributed by atoms with Gasteiger partial charge in [-0.3, -0.25) is 4.79 Å². The van der Waals surface area contributed by atoms with Crippen molar-refractivity contribution in [3.05, 3.63) is 59.7 Å². The van der Waals surface area contributed by atoms with Crippen molar-refractivity contribution in [2.75, 3.05) is 13.7 Å². The first-order chi connectivity index (χ1) is 16.0. The molecule has 0 saturated heterocycles. The van der Waals surface area contributed by atoms with Gasteiger partial charge in [-0.15, -0.1) is 0 Å². The highest BCUT2D eigenvalue weighted by atomic mass is 16.5. The minimum absolute atomic E-state index is 0.0926. The molecule has 0 heterocycles. The van der Waals surface area contributed by atoms with E-state index in [9.17, 15) is 19.5 Å². The normalized spacial score (nSPS) is 15.4. The van der Waals surface area contributed by atoms with Crippen LogP contribution in [0.4, 0.5) is 4.79 Å². The van der Waals surface area contributed by atoms with Gasteiger partial charge < -0.3 is 25.2 Å². The van der Waals surface area contributed by atoms with Gasteiger partial charge in [0.15, 0.2) is 0 Å². The van der Waals surface area contributed by atoms with E-state index < -0.39 is 41.6 Å². The maximum absolute atomic E-state index is 12.9. The van der Waals surface area contributed by atoms with Crippen LogP contribution in [0.15, 0.2) is 48.5 Å². The largest absolute Gasteiger partial charge is 0.480 e. The summed E-state index contributed by atoms with van der Waals surface area (Å²) in [5, 5.41) is 14.6. The summed E-state index contributed by atoms with van der Waals surface area (Å²) in [5.74, 6) is -1.95. The number of carbonyl (C=O) groups is 3. The highest BCUT2D eigenvalue weighted by Crippen LogP contribution is 2.44. The van der Waals surface area contributed by atoms with Crippen molar-refractivity contribution in [2.24, 2.45) is 5.41 Å². The third-order valence-electron chi connectivity index (χ3n) is 6.14. The Morgan fingerprint density at radius 2 is 1.50 bits per heavy atom. The molecular formula is C26H32N2O6. The number of alkyl carbamates (subject to hydrolysis) is 1. The molecule has 0 saturated carbocycles. The molecule has 0 spiro atoms. The van der Waals surface area contributed by atoms with Gasteiger partial charge in [0, 0.05) is 13.0 Å². The number of fused-ring (bicyclic) bond motifs is 3. The molecule has 8 nitrogen and oxygen atoms in total. The number of rotatable bonds is 8. The smallest absolute Gasteiger partial charge is 0.407 e. The van der Waals surface area contributed by atoms with E-state index in [1.54, 1.807) is 27.7 Å². The molecule has 3 atom stereocenters. The van der Waals surface area contributed by atoms with E-state index in [0.29, 0.717) is 0 Å². The Kier molecular flexibility index (Phi) is 7.61. The predicted molar refractivity (Wildman–Crippen MR) is 127 cm³/mol. The van der Waals surface area contributed by atoms with Crippen LogP contribution < -0.4 is 10.6 Å². The molecule has 0 aliphatic heterocycles. The predicted octanol–water partition coefficient (Wildman–Crippen LogP) is 3.54. The monoisotopic (exact) mass is 468 g/mol. The van der Waals surface area contributed by atoms with Crippen LogP contribution in [0.1, 0.15) is 44.7 Å². The first kappa shape index (κ1) is 25.2. The Labute approximate surface area is 199 Å². The summed E-state index contributed by atoms with van der Waals surface area (Å²) in [4.78, 5) is 37.3. The zero-order chi connectivity index (χ0) is 25.0. The molecule has 3 rings (SSSR count). The lowest BCUT2D eigenvalue weighted by Gasteiger charge is -2.30. The third-order valence-corrected chi connectivity index (χ3v) is 6.14. The number of carboxylic acids is 1. The molecule has 3 N–H and O–H groups in total. The molecule has 2 aromatic rings. The molecule has 2 aromatic carbocycles. The Morgan fingerprint density at radius 1 is 0.971 bits per heavy atom. The summed E-state index contributed by atoms with van der Waals surface area (Å²) in [7, 11) is 1.41. The zero-order valence-corrected chi connectivity index (χ0v) is 20.1. The fourth-order valence-corrected chi connectivity index (χ4v) is 4.18. The van der Waals surface area contributed by atoms with Gasteiger partial charge in [0.05, 0.1) is 6.10 Å². The van der Waals surface area contributed by atoms with Crippen molar-refractivity contribution in [3.63, 3.8) is 0 Å². The molecule has 0 aromatic heterocycles. The highest BCUT2D eigenvalue weighted by molar-refractivity contribution is 5.90. The second kappa shape index (κ2) is 10.3. The number of carboxylic acid groups (broad SMARTS) is 1. The number of nitrogens with one attached hydrogen (secondary N) is 2. The number of methoxy groups -OCH3 is 1. The topological polar surface area (TPSA) is 114 Å². The molecule has 8 heteroatoms. The molecule has 1 aliphatic carbocycles. The minimum Gasteiger partial charge on any atom is -0.480 e.